The van der Waals surface area contributed by atoms with Crippen LogP contribution in [0, 0.1) is 0 Å². The second-order valence-corrected chi connectivity index (χ2v) is 6.70. The van der Waals surface area contributed by atoms with Gasteiger partial charge in [0.25, 0.3) is 0 Å². The van der Waals surface area contributed by atoms with E-state index in [2.05, 4.69) is 0 Å². The van der Waals surface area contributed by atoms with Crippen LogP contribution in [0.25, 0.3) is 0 Å². The first-order valence-electron chi connectivity index (χ1n) is 8.87. The summed E-state index contributed by atoms with van der Waals surface area (Å²) in [6, 6.07) is 11.9. The van der Waals surface area contributed by atoms with E-state index in [1.807, 2.05) is 0 Å². The maximum Gasteiger partial charge on any atom is 0.471 e. The van der Waals surface area contributed by atoms with Crippen molar-refractivity contribution < 1.29 is 35.9 Å². The molecule has 30 heavy (non-hydrogen) atoms. The molecule has 0 spiro atoms. The third-order valence-electron chi connectivity index (χ3n) is 4.84. The number of hydrogen-bond acceptors (Lipinski definition) is 2. The first-order chi connectivity index (χ1) is 14.0. The Morgan fingerprint density at radius 1 is 0.633 bits per heavy atom. The Kier molecular flexibility index (Phi) is 5.78. The number of alkyl halides is 6. The molecule has 1 fully saturated rings. The Bertz CT molecular complexity index is 824. The summed E-state index contributed by atoms with van der Waals surface area (Å²) in [5, 5.41) is 0. The van der Waals surface area contributed by atoms with E-state index in [4.69, 9.17) is 0 Å². The average molecular weight is 430 g/mol. The third kappa shape index (κ3) is 4.27. The van der Waals surface area contributed by atoms with E-state index in [0.29, 0.717) is 9.80 Å². The summed E-state index contributed by atoms with van der Waals surface area (Å²) in [5.41, 5.74) is 0.368. The Labute approximate surface area is 167 Å². The van der Waals surface area contributed by atoms with Gasteiger partial charge in [0.2, 0.25) is 0 Å². The third-order valence-corrected chi connectivity index (χ3v) is 4.84. The molecule has 2 atom stereocenters. The second kappa shape index (κ2) is 8.00. The van der Waals surface area contributed by atoms with Gasteiger partial charge in [-0.3, -0.25) is 9.59 Å². The monoisotopic (exact) mass is 430 g/mol. The number of carbonyl (C=O) groups excluding carboxylic acids is 2. The van der Waals surface area contributed by atoms with Crippen molar-refractivity contribution in [3.8, 4) is 0 Å². The lowest BCUT2D eigenvalue weighted by molar-refractivity contribution is -0.201. The summed E-state index contributed by atoms with van der Waals surface area (Å²) in [7, 11) is 0. The molecule has 2 aromatic rings. The summed E-state index contributed by atoms with van der Waals surface area (Å²) < 4.78 is 79.5. The summed E-state index contributed by atoms with van der Waals surface area (Å²) in [6.45, 7) is -1.38. The number of benzene rings is 2. The predicted octanol–water partition coefficient (Wildman–Crippen LogP) is 4.26. The van der Waals surface area contributed by atoms with Gasteiger partial charge in [0.15, 0.2) is 0 Å². The van der Waals surface area contributed by atoms with Gasteiger partial charge in [0.05, 0.1) is 12.1 Å². The quantitative estimate of drug-likeness (QED) is 0.668. The van der Waals surface area contributed by atoms with E-state index in [9.17, 15) is 35.9 Å². The zero-order valence-electron chi connectivity index (χ0n) is 15.3. The van der Waals surface area contributed by atoms with Crippen LogP contribution in [0.15, 0.2) is 60.7 Å². The van der Waals surface area contributed by atoms with Crippen LogP contribution < -0.4 is 0 Å². The number of hydrogen-bond donors (Lipinski definition) is 0. The summed E-state index contributed by atoms with van der Waals surface area (Å²) in [4.78, 5) is 25.2. The molecule has 0 N–H and O–H groups in total. The molecule has 160 valence electrons. The highest BCUT2D eigenvalue weighted by Crippen LogP contribution is 2.44. The highest BCUT2D eigenvalue weighted by atomic mass is 19.4. The topological polar surface area (TPSA) is 40.6 Å². The molecule has 3 rings (SSSR count). The lowest BCUT2D eigenvalue weighted by Crippen LogP contribution is -2.58. The standard InChI is InChI=1S/C20H16F6N2O2/c21-19(22,23)17(29)27-11-12-28(18(30)20(24,25)26)16(14-9-5-2-6-10-14)15(27)13-7-3-1-4-8-13/h1-10,15-16H,11-12H2/t15-,16-/m0/s1. The second-order valence-electron chi connectivity index (χ2n) is 6.70. The molecular weight excluding hydrogens is 414 g/mol. The average Bonchev–Trinajstić information content (AvgIpc) is 2.71. The molecule has 0 radical (unpaired) electrons. The van der Waals surface area contributed by atoms with E-state index in [1.165, 1.54) is 48.5 Å². The summed E-state index contributed by atoms with van der Waals surface area (Å²) >= 11 is 0. The fraction of sp³-hybridized carbons (Fsp3) is 0.300. The fourth-order valence-corrected chi connectivity index (χ4v) is 3.64. The Morgan fingerprint density at radius 2 is 0.933 bits per heavy atom. The molecule has 1 heterocycles. The number of carbonyl (C=O) groups is 2. The van der Waals surface area contributed by atoms with E-state index >= 15 is 0 Å². The van der Waals surface area contributed by atoms with Gasteiger partial charge in [0, 0.05) is 13.1 Å². The molecular formula is C20H16F6N2O2. The molecule has 1 aliphatic heterocycles. The van der Waals surface area contributed by atoms with Gasteiger partial charge in [-0.2, -0.15) is 26.3 Å². The van der Waals surface area contributed by atoms with Crippen molar-refractivity contribution >= 4 is 11.8 Å². The maximum atomic E-state index is 13.2. The van der Waals surface area contributed by atoms with Crippen LogP contribution in [-0.4, -0.2) is 47.1 Å². The first kappa shape index (κ1) is 21.7. The predicted molar refractivity (Wildman–Crippen MR) is 93.9 cm³/mol. The molecule has 0 unspecified atom stereocenters. The van der Waals surface area contributed by atoms with Crippen molar-refractivity contribution in [1.29, 1.82) is 0 Å². The molecule has 2 amide bonds. The zero-order chi connectivity index (χ0) is 22.1. The van der Waals surface area contributed by atoms with Crippen molar-refractivity contribution in [3.63, 3.8) is 0 Å². The van der Waals surface area contributed by atoms with Crippen LogP contribution >= 0.6 is 0 Å². The van der Waals surface area contributed by atoms with Gasteiger partial charge in [-0.1, -0.05) is 60.7 Å². The van der Waals surface area contributed by atoms with Crippen molar-refractivity contribution in [3.05, 3.63) is 71.8 Å². The van der Waals surface area contributed by atoms with Crippen molar-refractivity contribution in [2.75, 3.05) is 13.1 Å². The minimum absolute atomic E-state index is 0.184. The molecule has 1 aliphatic rings. The maximum absolute atomic E-state index is 13.2. The van der Waals surface area contributed by atoms with Crippen molar-refractivity contribution in [1.82, 2.24) is 9.80 Å². The first-order valence-corrected chi connectivity index (χ1v) is 8.87. The summed E-state index contributed by atoms with van der Waals surface area (Å²) in [5.74, 6) is -4.34. The van der Waals surface area contributed by atoms with Crippen LogP contribution in [0.1, 0.15) is 23.2 Å². The highest BCUT2D eigenvalue weighted by Gasteiger charge is 2.53. The van der Waals surface area contributed by atoms with E-state index < -0.39 is 49.3 Å². The van der Waals surface area contributed by atoms with Gasteiger partial charge >= 0.3 is 24.2 Å². The highest BCUT2D eigenvalue weighted by molar-refractivity contribution is 5.85. The van der Waals surface area contributed by atoms with Crippen LogP contribution in [-0.2, 0) is 9.59 Å². The Morgan fingerprint density at radius 3 is 1.20 bits per heavy atom. The van der Waals surface area contributed by atoms with Crippen molar-refractivity contribution in [2.45, 2.75) is 24.4 Å². The molecule has 10 heteroatoms. The van der Waals surface area contributed by atoms with Gasteiger partial charge in [-0.05, 0) is 11.1 Å². The van der Waals surface area contributed by atoms with E-state index in [0.717, 1.165) is 0 Å². The lowest BCUT2D eigenvalue weighted by Gasteiger charge is -2.48. The molecule has 2 aromatic carbocycles. The number of amides is 2. The molecule has 0 aliphatic carbocycles. The SMILES string of the molecule is O=C(N1CCN(C(=O)C(F)(F)F)[C@@H](c2ccccc2)[C@@H]1c1ccccc1)C(F)(F)F. The minimum atomic E-state index is -5.22. The van der Waals surface area contributed by atoms with Crippen molar-refractivity contribution in [2.24, 2.45) is 0 Å². The molecule has 1 saturated heterocycles. The van der Waals surface area contributed by atoms with Crippen LogP contribution in [0.4, 0.5) is 26.3 Å². The minimum Gasteiger partial charge on any atom is -0.324 e. The summed E-state index contributed by atoms with van der Waals surface area (Å²) in [6.07, 6.45) is -10.4. The number of rotatable bonds is 2. The number of piperazine rings is 1. The molecule has 0 saturated carbocycles. The van der Waals surface area contributed by atoms with Crippen LogP contribution in [0.2, 0.25) is 0 Å². The Balaban J connectivity index is 2.18. The Hall–Kier alpha value is -3.04. The van der Waals surface area contributed by atoms with Gasteiger partial charge < -0.3 is 9.80 Å². The largest absolute Gasteiger partial charge is 0.471 e. The molecule has 4 nitrogen and oxygen atoms in total. The van der Waals surface area contributed by atoms with Crippen LogP contribution in [0.3, 0.4) is 0 Å². The smallest absolute Gasteiger partial charge is 0.324 e. The van der Waals surface area contributed by atoms with Crippen LogP contribution in [0.5, 0.6) is 0 Å². The normalized spacial score (nSPS) is 20.2. The van der Waals surface area contributed by atoms with Gasteiger partial charge in [-0.25, -0.2) is 0 Å². The fourth-order valence-electron chi connectivity index (χ4n) is 3.64. The number of halogens is 6. The molecule has 0 bridgehead atoms. The van der Waals surface area contributed by atoms with Gasteiger partial charge in [0.1, 0.15) is 0 Å². The lowest BCUT2D eigenvalue weighted by atomic mass is 9.88. The van der Waals surface area contributed by atoms with Gasteiger partial charge in [-0.15, -0.1) is 0 Å². The molecule has 0 aromatic heterocycles. The number of nitrogens with zero attached hydrogens (tertiary/aromatic N) is 2. The van der Waals surface area contributed by atoms with E-state index in [1.54, 1.807) is 12.1 Å². The zero-order valence-corrected chi connectivity index (χ0v) is 15.3. The van der Waals surface area contributed by atoms with E-state index in [-0.39, 0.29) is 11.1 Å².